The molecule has 2 aromatic carbocycles. The van der Waals surface area contributed by atoms with Crippen molar-refractivity contribution in [2.45, 2.75) is 61.3 Å². The van der Waals surface area contributed by atoms with Crippen LogP contribution in [0.3, 0.4) is 0 Å². The van der Waals surface area contributed by atoms with Gasteiger partial charge in [-0.15, -0.1) is 0 Å². The van der Waals surface area contributed by atoms with Gasteiger partial charge in [-0.2, -0.15) is 0 Å². The zero-order valence-corrected chi connectivity index (χ0v) is 19.7. The third-order valence-electron chi connectivity index (χ3n) is 4.69. The van der Waals surface area contributed by atoms with Crippen LogP contribution in [0.1, 0.15) is 71.1 Å². The third kappa shape index (κ3) is 7.33. The second kappa shape index (κ2) is 13.6. The molecule has 0 amide bonds. The molecule has 0 saturated carbocycles. The standard InChI is InChI=1S/C26H31FO.C2H6/c1-6-9-13-23(20(5)7-2)25(17-21-12-10-11-19(4)16-21)24-15-14-22(27)18-26(24)28-8-3;1-2/h9-18H,6-8H2,1-5H3;1-2H3/b13-9-,23-20+,25-17+;. The van der Waals surface area contributed by atoms with E-state index in [1.54, 1.807) is 0 Å². The summed E-state index contributed by atoms with van der Waals surface area (Å²) >= 11 is 0. The molecular formula is C28H37FO. The molecule has 2 aromatic rings. The van der Waals surface area contributed by atoms with E-state index in [-0.39, 0.29) is 5.82 Å². The van der Waals surface area contributed by atoms with E-state index in [1.807, 2.05) is 26.8 Å². The Bertz CT molecular complexity index is 887. The molecule has 0 fully saturated rings. The van der Waals surface area contributed by atoms with Crippen LogP contribution < -0.4 is 4.74 Å². The summed E-state index contributed by atoms with van der Waals surface area (Å²) in [4.78, 5) is 0. The van der Waals surface area contributed by atoms with Crippen LogP contribution in [-0.2, 0) is 0 Å². The lowest BCUT2D eigenvalue weighted by Gasteiger charge is -2.17. The quantitative estimate of drug-likeness (QED) is 0.313. The van der Waals surface area contributed by atoms with E-state index in [0.29, 0.717) is 12.4 Å². The van der Waals surface area contributed by atoms with Crippen LogP contribution in [0.4, 0.5) is 4.39 Å². The SMILES string of the molecule is CC.CC\C=C/C(C(=C\c1cccc(C)c1)/c1ccc(F)cc1OCC)=C(/C)CC. The Hall–Kier alpha value is -2.61. The number of hydrogen-bond donors (Lipinski definition) is 0. The van der Waals surface area contributed by atoms with Crippen LogP contribution in [-0.4, -0.2) is 6.61 Å². The molecule has 0 saturated heterocycles. The van der Waals surface area contributed by atoms with Gasteiger partial charge in [-0.1, -0.05) is 75.2 Å². The number of allylic oxidation sites excluding steroid dienone is 5. The minimum absolute atomic E-state index is 0.288. The van der Waals surface area contributed by atoms with Crippen molar-refractivity contribution in [2.75, 3.05) is 6.61 Å². The maximum atomic E-state index is 13.9. The highest BCUT2D eigenvalue weighted by Gasteiger charge is 2.15. The van der Waals surface area contributed by atoms with E-state index in [2.05, 4.69) is 70.2 Å². The summed E-state index contributed by atoms with van der Waals surface area (Å²) in [6, 6.07) is 13.2. The number of benzene rings is 2. The van der Waals surface area contributed by atoms with Gasteiger partial charge in [0.25, 0.3) is 0 Å². The molecule has 0 aliphatic carbocycles. The Morgan fingerprint density at radius 2 is 1.77 bits per heavy atom. The van der Waals surface area contributed by atoms with Crippen LogP contribution >= 0.6 is 0 Å². The second-order valence-electron chi connectivity index (χ2n) is 6.90. The molecule has 0 bridgehead atoms. The summed E-state index contributed by atoms with van der Waals surface area (Å²) in [5.41, 5.74) is 6.74. The highest BCUT2D eigenvalue weighted by molar-refractivity contribution is 5.95. The second-order valence-corrected chi connectivity index (χ2v) is 6.90. The molecule has 30 heavy (non-hydrogen) atoms. The van der Waals surface area contributed by atoms with E-state index in [0.717, 1.165) is 29.5 Å². The van der Waals surface area contributed by atoms with E-state index in [4.69, 9.17) is 4.74 Å². The normalized spacial score (nSPS) is 12.3. The minimum atomic E-state index is -0.288. The molecule has 2 rings (SSSR count). The van der Waals surface area contributed by atoms with Crippen molar-refractivity contribution in [3.05, 3.63) is 88.3 Å². The van der Waals surface area contributed by atoms with Gasteiger partial charge in [0.2, 0.25) is 0 Å². The first kappa shape index (κ1) is 25.4. The van der Waals surface area contributed by atoms with Gasteiger partial charge in [-0.25, -0.2) is 4.39 Å². The van der Waals surface area contributed by atoms with Crippen molar-refractivity contribution in [1.29, 1.82) is 0 Å². The fourth-order valence-electron chi connectivity index (χ4n) is 3.11. The van der Waals surface area contributed by atoms with Crippen molar-refractivity contribution >= 4 is 11.6 Å². The van der Waals surface area contributed by atoms with Crippen LogP contribution in [0.5, 0.6) is 5.75 Å². The highest BCUT2D eigenvalue weighted by Crippen LogP contribution is 2.36. The first-order chi connectivity index (χ1) is 14.5. The average Bonchev–Trinajstić information content (AvgIpc) is 2.75. The molecule has 2 heteroatoms. The van der Waals surface area contributed by atoms with Crippen molar-refractivity contribution in [1.82, 2.24) is 0 Å². The predicted octanol–water partition coefficient (Wildman–Crippen LogP) is 8.79. The third-order valence-corrected chi connectivity index (χ3v) is 4.69. The van der Waals surface area contributed by atoms with Crippen LogP contribution in [0.25, 0.3) is 11.6 Å². The van der Waals surface area contributed by atoms with Gasteiger partial charge >= 0.3 is 0 Å². The molecule has 0 heterocycles. The first-order valence-electron chi connectivity index (χ1n) is 11.1. The Morgan fingerprint density at radius 3 is 2.37 bits per heavy atom. The zero-order valence-electron chi connectivity index (χ0n) is 19.7. The van der Waals surface area contributed by atoms with Gasteiger partial charge in [0.05, 0.1) is 6.61 Å². The zero-order chi connectivity index (χ0) is 22.5. The molecule has 0 aromatic heterocycles. The molecule has 162 valence electrons. The summed E-state index contributed by atoms with van der Waals surface area (Å²) in [6.07, 6.45) is 8.43. The number of hydrogen-bond acceptors (Lipinski definition) is 1. The van der Waals surface area contributed by atoms with Crippen LogP contribution in [0.15, 0.2) is 65.8 Å². The van der Waals surface area contributed by atoms with Crippen molar-refractivity contribution < 1.29 is 9.13 Å². The van der Waals surface area contributed by atoms with Crippen molar-refractivity contribution in [3.8, 4) is 5.75 Å². The molecule has 0 N–H and O–H groups in total. The molecular weight excluding hydrogens is 371 g/mol. The number of aryl methyl sites for hydroxylation is 1. The fourth-order valence-corrected chi connectivity index (χ4v) is 3.11. The van der Waals surface area contributed by atoms with Gasteiger partial charge in [-0.05, 0) is 68.5 Å². The lowest BCUT2D eigenvalue weighted by Crippen LogP contribution is -2.00. The van der Waals surface area contributed by atoms with Gasteiger partial charge in [0, 0.05) is 11.6 Å². The van der Waals surface area contributed by atoms with Gasteiger partial charge in [-0.3, -0.25) is 0 Å². The van der Waals surface area contributed by atoms with E-state index < -0.39 is 0 Å². The summed E-state index contributed by atoms with van der Waals surface area (Å²) in [5, 5.41) is 0. The molecule has 0 aliphatic rings. The maximum absolute atomic E-state index is 13.9. The van der Waals surface area contributed by atoms with Crippen LogP contribution in [0.2, 0.25) is 0 Å². The minimum Gasteiger partial charge on any atom is -0.493 e. The molecule has 0 unspecified atom stereocenters. The monoisotopic (exact) mass is 408 g/mol. The smallest absolute Gasteiger partial charge is 0.130 e. The molecule has 0 spiro atoms. The fraction of sp³-hybridized carbons (Fsp3) is 0.357. The molecule has 0 radical (unpaired) electrons. The topological polar surface area (TPSA) is 9.23 Å². The summed E-state index contributed by atoms with van der Waals surface area (Å²) in [6.45, 7) is 14.9. The van der Waals surface area contributed by atoms with Gasteiger partial charge < -0.3 is 4.74 Å². The van der Waals surface area contributed by atoms with Gasteiger partial charge in [0.15, 0.2) is 0 Å². The summed E-state index contributed by atoms with van der Waals surface area (Å²) in [7, 11) is 0. The predicted molar refractivity (Wildman–Crippen MR) is 130 cm³/mol. The Balaban J connectivity index is 0.00000218. The van der Waals surface area contributed by atoms with Crippen molar-refractivity contribution in [2.24, 2.45) is 0 Å². The Kier molecular flexibility index (Phi) is 11.5. The number of halogens is 1. The Morgan fingerprint density at radius 1 is 1.03 bits per heavy atom. The largest absolute Gasteiger partial charge is 0.493 e. The summed E-state index contributed by atoms with van der Waals surface area (Å²) in [5.74, 6) is 0.289. The summed E-state index contributed by atoms with van der Waals surface area (Å²) < 4.78 is 19.7. The average molecular weight is 409 g/mol. The van der Waals surface area contributed by atoms with E-state index in [9.17, 15) is 4.39 Å². The van der Waals surface area contributed by atoms with Gasteiger partial charge in [0.1, 0.15) is 11.6 Å². The van der Waals surface area contributed by atoms with Crippen LogP contribution in [0, 0.1) is 12.7 Å². The number of ether oxygens (including phenoxy) is 1. The van der Waals surface area contributed by atoms with E-state index in [1.165, 1.54) is 28.8 Å². The lowest BCUT2D eigenvalue weighted by molar-refractivity contribution is 0.337. The highest BCUT2D eigenvalue weighted by atomic mass is 19.1. The maximum Gasteiger partial charge on any atom is 0.130 e. The lowest BCUT2D eigenvalue weighted by atomic mass is 9.90. The Labute approximate surface area is 183 Å². The first-order valence-corrected chi connectivity index (χ1v) is 11.1. The van der Waals surface area contributed by atoms with E-state index >= 15 is 0 Å². The molecule has 1 nitrogen and oxygen atoms in total. The molecule has 0 atom stereocenters. The number of rotatable bonds is 8. The molecule has 0 aliphatic heterocycles. The van der Waals surface area contributed by atoms with Crippen molar-refractivity contribution in [3.63, 3.8) is 0 Å².